The molecular weight excluding hydrogens is 538 g/mol. The van der Waals surface area contributed by atoms with Crippen molar-refractivity contribution in [2.75, 3.05) is 12.4 Å². The minimum absolute atomic E-state index is 0.209. The molecule has 0 unspecified atom stereocenters. The lowest BCUT2D eigenvalue weighted by Gasteiger charge is -2.21. The van der Waals surface area contributed by atoms with Gasteiger partial charge in [-0.15, -0.1) is 0 Å². The summed E-state index contributed by atoms with van der Waals surface area (Å²) in [5.74, 6) is 2.31. The summed E-state index contributed by atoms with van der Waals surface area (Å²) >= 11 is 0. The van der Waals surface area contributed by atoms with Crippen LogP contribution in [0.4, 0.5) is 5.69 Å². The molecule has 0 spiro atoms. The molecule has 0 heterocycles. The fourth-order valence-electron chi connectivity index (χ4n) is 4.46. The van der Waals surface area contributed by atoms with E-state index in [4.69, 9.17) is 19.5 Å². The summed E-state index contributed by atoms with van der Waals surface area (Å²) < 4.78 is 17.8. The van der Waals surface area contributed by atoms with Crippen LogP contribution in [-0.2, 0) is 17.9 Å². The fraction of sp³-hybridized carbons (Fsp3) is 0.111. The zero-order valence-electron chi connectivity index (χ0n) is 23.7. The van der Waals surface area contributed by atoms with Gasteiger partial charge in [0.15, 0.2) is 11.5 Å². The van der Waals surface area contributed by atoms with Gasteiger partial charge in [0.25, 0.3) is 0 Å². The summed E-state index contributed by atoms with van der Waals surface area (Å²) in [5, 5.41) is 15.5. The molecule has 5 rings (SSSR count). The Labute approximate surface area is 251 Å². The van der Waals surface area contributed by atoms with Gasteiger partial charge in [0.2, 0.25) is 5.91 Å². The van der Waals surface area contributed by atoms with Crippen LogP contribution in [0, 0.1) is 11.3 Å². The summed E-state index contributed by atoms with van der Waals surface area (Å²) in [6, 6.07) is 40.8. The number of nitriles is 1. The van der Waals surface area contributed by atoms with Crippen LogP contribution in [0.5, 0.6) is 23.0 Å². The Bertz CT molecular complexity index is 1680. The predicted molar refractivity (Wildman–Crippen MR) is 166 cm³/mol. The second-order valence-corrected chi connectivity index (χ2v) is 9.73. The number of hydrogen-bond acceptors (Lipinski definition) is 6. The van der Waals surface area contributed by atoms with Crippen molar-refractivity contribution in [3.05, 3.63) is 150 Å². The van der Waals surface area contributed by atoms with E-state index < -0.39 is 6.04 Å². The number of methoxy groups -OCH3 is 1. The van der Waals surface area contributed by atoms with E-state index in [1.54, 1.807) is 43.5 Å². The number of nitrogens with one attached hydrogen (secondary N) is 2. The van der Waals surface area contributed by atoms with Gasteiger partial charge in [-0.3, -0.25) is 4.79 Å². The molecule has 0 aromatic heterocycles. The maximum atomic E-state index is 13.5. The lowest BCUT2D eigenvalue weighted by molar-refractivity contribution is -0.122. The number of anilines is 1. The number of nitrogens with zero attached hydrogens (tertiary/aromatic N) is 1. The van der Waals surface area contributed by atoms with E-state index in [2.05, 4.69) is 16.7 Å². The molecule has 1 atom stereocenters. The van der Waals surface area contributed by atoms with Crippen molar-refractivity contribution in [3.8, 4) is 29.1 Å². The quantitative estimate of drug-likeness (QED) is 0.163. The molecule has 0 bridgehead atoms. The van der Waals surface area contributed by atoms with Crippen molar-refractivity contribution in [1.82, 2.24) is 5.32 Å². The number of carbonyl (C=O) groups excluding carboxylic acids is 1. The smallest absolute Gasteiger partial charge is 0.247 e. The van der Waals surface area contributed by atoms with Gasteiger partial charge in [0.1, 0.15) is 24.1 Å². The average Bonchev–Trinajstić information content (AvgIpc) is 3.06. The molecule has 2 N–H and O–H groups in total. The third-order valence-electron chi connectivity index (χ3n) is 6.69. The molecule has 5 aromatic carbocycles. The number of carbonyl (C=O) groups is 1. The minimum Gasteiger partial charge on any atom is -0.493 e. The van der Waals surface area contributed by atoms with Crippen LogP contribution < -0.4 is 24.8 Å². The number of hydrogen-bond donors (Lipinski definition) is 2. The summed E-state index contributed by atoms with van der Waals surface area (Å²) in [4.78, 5) is 13.5. The molecule has 1 amide bonds. The third-order valence-corrected chi connectivity index (χ3v) is 6.69. The van der Waals surface area contributed by atoms with Crippen LogP contribution in [0.1, 0.15) is 28.3 Å². The molecule has 0 fully saturated rings. The van der Waals surface area contributed by atoms with E-state index in [1.807, 2.05) is 91.0 Å². The maximum absolute atomic E-state index is 13.5. The highest BCUT2D eigenvalue weighted by Crippen LogP contribution is 2.33. The summed E-state index contributed by atoms with van der Waals surface area (Å²) in [6.07, 6.45) is 0. The molecule has 7 nitrogen and oxygen atoms in total. The van der Waals surface area contributed by atoms with Gasteiger partial charge in [-0.05, 0) is 77.4 Å². The average molecular weight is 570 g/mol. The van der Waals surface area contributed by atoms with Crippen LogP contribution in [0.15, 0.2) is 127 Å². The van der Waals surface area contributed by atoms with Crippen molar-refractivity contribution in [2.45, 2.75) is 19.2 Å². The Balaban J connectivity index is 1.32. The molecule has 43 heavy (non-hydrogen) atoms. The first-order valence-corrected chi connectivity index (χ1v) is 13.8. The standard InChI is InChI=1S/C36H31N3O4/c1-41-34-22-29(17-20-33(34)42-25-28-11-8-14-32(21-28)43-31-12-6-3-7-13-31)35(39-30-18-15-26(23-37)16-19-30)36(40)38-24-27-9-4-2-5-10-27/h2-22,35,39H,24-25H2,1H3,(H,38,40)/t35-/m0/s1. The van der Waals surface area contributed by atoms with Crippen molar-refractivity contribution in [1.29, 1.82) is 5.26 Å². The second kappa shape index (κ2) is 14.2. The molecular formula is C36H31N3O4. The van der Waals surface area contributed by atoms with Gasteiger partial charge in [-0.1, -0.05) is 66.7 Å². The van der Waals surface area contributed by atoms with Crippen LogP contribution in [0.2, 0.25) is 0 Å². The minimum atomic E-state index is -0.730. The van der Waals surface area contributed by atoms with Gasteiger partial charge < -0.3 is 24.8 Å². The summed E-state index contributed by atoms with van der Waals surface area (Å²) in [7, 11) is 1.57. The lowest BCUT2D eigenvalue weighted by Crippen LogP contribution is -2.33. The largest absolute Gasteiger partial charge is 0.493 e. The number of benzene rings is 5. The highest BCUT2D eigenvalue weighted by molar-refractivity contribution is 5.86. The Morgan fingerprint density at radius 1 is 0.767 bits per heavy atom. The van der Waals surface area contributed by atoms with Gasteiger partial charge in [-0.25, -0.2) is 0 Å². The molecule has 0 radical (unpaired) electrons. The molecule has 214 valence electrons. The van der Waals surface area contributed by atoms with Crippen molar-refractivity contribution in [2.24, 2.45) is 0 Å². The fourth-order valence-corrected chi connectivity index (χ4v) is 4.46. The zero-order chi connectivity index (χ0) is 29.9. The zero-order valence-corrected chi connectivity index (χ0v) is 23.7. The molecule has 0 saturated carbocycles. The number of amides is 1. The van der Waals surface area contributed by atoms with Crippen molar-refractivity contribution < 1.29 is 19.0 Å². The van der Waals surface area contributed by atoms with E-state index >= 15 is 0 Å². The highest BCUT2D eigenvalue weighted by atomic mass is 16.5. The van der Waals surface area contributed by atoms with Gasteiger partial charge >= 0.3 is 0 Å². The number of para-hydroxylation sites is 1. The van der Waals surface area contributed by atoms with E-state index in [1.165, 1.54) is 0 Å². The van der Waals surface area contributed by atoms with Crippen molar-refractivity contribution in [3.63, 3.8) is 0 Å². The first-order valence-electron chi connectivity index (χ1n) is 13.8. The van der Waals surface area contributed by atoms with Crippen LogP contribution >= 0.6 is 0 Å². The first-order chi connectivity index (χ1) is 21.1. The van der Waals surface area contributed by atoms with E-state index in [-0.39, 0.29) is 5.91 Å². The summed E-state index contributed by atoms with van der Waals surface area (Å²) in [5.41, 5.74) is 3.86. The number of rotatable bonds is 12. The maximum Gasteiger partial charge on any atom is 0.247 e. The first kappa shape index (κ1) is 28.8. The Hall–Kier alpha value is -5.74. The molecule has 0 saturated heterocycles. The van der Waals surface area contributed by atoms with Gasteiger partial charge in [-0.2, -0.15) is 5.26 Å². The topological polar surface area (TPSA) is 92.6 Å². The van der Waals surface area contributed by atoms with Crippen LogP contribution in [-0.4, -0.2) is 13.0 Å². The van der Waals surface area contributed by atoms with Crippen LogP contribution in [0.3, 0.4) is 0 Å². The normalized spacial score (nSPS) is 11.1. The van der Waals surface area contributed by atoms with Crippen LogP contribution in [0.25, 0.3) is 0 Å². The molecule has 0 aliphatic rings. The Morgan fingerprint density at radius 3 is 2.19 bits per heavy atom. The summed E-state index contributed by atoms with van der Waals surface area (Å²) in [6.45, 7) is 0.683. The molecule has 0 aliphatic carbocycles. The molecule has 7 heteroatoms. The monoisotopic (exact) mass is 569 g/mol. The van der Waals surface area contributed by atoms with E-state index in [0.717, 1.165) is 16.9 Å². The van der Waals surface area contributed by atoms with Gasteiger partial charge in [0.05, 0.1) is 18.7 Å². The highest BCUT2D eigenvalue weighted by Gasteiger charge is 2.22. The third kappa shape index (κ3) is 7.93. The van der Waals surface area contributed by atoms with Crippen molar-refractivity contribution >= 4 is 11.6 Å². The number of ether oxygens (including phenoxy) is 3. The Morgan fingerprint density at radius 2 is 1.47 bits per heavy atom. The SMILES string of the molecule is COc1cc([C@H](Nc2ccc(C#N)cc2)C(=O)NCc2ccccc2)ccc1OCc1cccc(Oc2ccccc2)c1. The Kier molecular flexibility index (Phi) is 9.53. The lowest BCUT2D eigenvalue weighted by atomic mass is 10.0. The van der Waals surface area contributed by atoms with E-state index in [0.29, 0.717) is 47.2 Å². The molecule has 0 aliphatic heterocycles. The molecule has 5 aromatic rings. The second-order valence-electron chi connectivity index (χ2n) is 9.73. The van der Waals surface area contributed by atoms with E-state index in [9.17, 15) is 4.79 Å². The predicted octanol–water partition coefficient (Wildman–Crippen LogP) is 7.41. The van der Waals surface area contributed by atoms with Gasteiger partial charge in [0, 0.05) is 12.2 Å².